The van der Waals surface area contributed by atoms with E-state index >= 15 is 0 Å². The van der Waals surface area contributed by atoms with Gasteiger partial charge in [-0.1, -0.05) is 78.9 Å². The fourth-order valence-corrected chi connectivity index (χ4v) is 10.1. The van der Waals surface area contributed by atoms with Crippen LogP contribution < -0.4 is 21.4 Å². The number of carbonyl (C=O) groups excluding carboxylic acids is 1. The van der Waals surface area contributed by atoms with Crippen molar-refractivity contribution >= 4 is 99.5 Å². The molecule has 6 heteroatoms. The highest BCUT2D eigenvalue weighted by molar-refractivity contribution is 6.37. The van der Waals surface area contributed by atoms with E-state index in [0.29, 0.717) is 35.1 Å². The normalized spacial score (nSPS) is 14.7. The predicted octanol–water partition coefficient (Wildman–Crippen LogP) is 8.91. The van der Waals surface area contributed by atoms with E-state index in [0.717, 1.165) is 60.2 Å². The fraction of sp³-hybridized carbons (Fsp3) is 0.0426. The van der Waals surface area contributed by atoms with Crippen molar-refractivity contribution in [2.24, 2.45) is 0 Å². The molecule has 53 heavy (non-hydrogen) atoms. The molecule has 246 valence electrons. The molecule has 1 aliphatic heterocycles. The van der Waals surface area contributed by atoms with Crippen LogP contribution in [0.5, 0.6) is 0 Å². The zero-order chi connectivity index (χ0) is 34.9. The number of allylic oxidation sites excluding steroid dienone is 2. The fourth-order valence-electron chi connectivity index (χ4n) is 10.1. The van der Waals surface area contributed by atoms with Crippen LogP contribution in [0.25, 0.3) is 93.3 Å². The minimum Gasteiger partial charge on any atom is -0.397 e. The molecule has 2 aromatic heterocycles. The Kier molecular flexibility index (Phi) is 4.82. The van der Waals surface area contributed by atoms with Crippen molar-refractivity contribution in [2.45, 2.75) is 13.0 Å². The molecule has 10 aromatic rings. The molecule has 8 aromatic carbocycles. The Balaban J connectivity index is 1.11. The summed E-state index contributed by atoms with van der Waals surface area (Å²) in [5, 5.41) is 12.0. The number of amides is 1. The van der Waals surface area contributed by atoms with Crippen molar-refractivity contribution in [3.63, 3.8) is 0 Å². The van der Waals surface area contributed by atoms with E-state index < -0.39 is 0 Å². The van der Waals surface area contributed by atoms with Gasteiger partial charge in [-0.2, -0.15) is 0 Å². The summed E-state index contributed by atoms with van der Waals surface area (Å²) in [4.78, 5) is 35.3. The number of fused-ring (bicyclic) bond motifs is 9. The zero-order valence-electron chi connectivity index (χ0n) is 28.2. The average molecular weight is 679 g/mol. The molecule has 3 heterocycles. The van der Waals surface area contributed by atoms with Gasteiger partial charge in [-0.25, -0.2) is 4.98 Å². The summed E-state index contributed by atoms with van der Waals surface area (Å²) in [5.41, 5.74) is 17.7. The Hall–Kier alpha value is -7.05. The average Bonchev–Trinajstić information content (AvgIpc) is 3.38. The quantitative estimate of drug-likeness (QED) is 0.107. The molecule has 0 atom stereocenters. The molecule has 0 radical (unpaired) electrons. The van der Waals surface area contributed by atoms with Gasteiger partial charge in [-0.3, -0.25) is 14.0 Å². The molecule has 0 saturated heterocycles. The lowest BCUT2D eigenvalue weighted by atomic mass is 9.82. The maximum absolute atomic E-state index is 14.3. The van der Waals surface area contributed by atoms with Crippen molar-refractivity contribution in [1.29, 1.82) is 0 Å². The number of imidazole rings is 1. The standard InChI is InChI=1S/C47H26N4O2/c48-36-5-1-3-7-38(36)50-22-24-10-11-28-31-17-16-27-26-14-19-32-41-34(47(53)51-39-8-4-2-6-37(39)49-45(32)51)12-9-23(21-35(26)41)25-13-15-30(44(31)42(25)27)29-18-20-33(46(50)52)40(24)43(28)29/h1-20H,21-22,48H2. The van der Waals surface area contributed by atoms with Crippen LogP contribution in [-0.4, -0.2) is 15.3 Å². The molecule has 2 N–H and O–H groups in total. The van der Waals surface area contributed by atoms with Crippen LogP contribution in [0.1, 0.15) is 27.0 Å². The number of rotatable bonds is 1. The monoisotopic (exact) mass is 678 g/mol. The molecular weight excluding hydrogens is 653 g/mol. The number of aromatic nitrogens is 2. The van der Waals surface area contributed by atoms with Crippen LogP contribution >= 0.6 is 0 Å². The Morgan fingerprint density at radius 1 is 0.585 bits per heavy atom. The van der Waals surface area contributed by atoms with Crippen LogP contribution in [0.15, 0.2) is 120 Å². The number of para-hydroxylation sites is 4. The summed E-state index contributed by atoms with van der Waals surface area (Å²) in [5.74, 6) is -0.0303. The van der Waals surface area contributed by atoms with Crippen molar-refractivity contribution in [3.05, 3.63) is 153 Å². The predicted molar refractivity (Wildman–Crippen MR) is 216 cm³/mol. The van der Waals surface area contributed by atoms with Crippen LogP contribution in [0, 0.1) is 0 Å². The van der Waals surface area contributed by atoms with Gasteiger partial charge in [-0.15, -0.1) is 0 Å². The lowest BCUT2D eigenvalue weighted by molar-refractivity contribution is 0.0984. The first-order valence-corrected chi connectivity index (χ1v) is 18.0. The summed E-state index contributed by atoms with van der Waals surface area (Å²) < 4.78 is 1.78. The first-order valence-electron chi connectivity index (χ1n) is 18.0. The number of carbonyl (C=O) groups is 1. The SMILES string of the molecule is Nc1ccccc1N1Cc2ccc3c4ccc5c6c(ccc(c7ccc(c2c73)C1=O)c64)C1=CC=c2c(=O)n3c4ccccc4nc3c3ccc-5c(c23)C1. The minimum atomic E-state index is -0.0337. The number of hydrogen-bond donors (Lipinski definition) is 1. The number of benzene rings is 8. The van der Waals surface area contributed by atoms with Gasteiger partial charge in [0.2, 0.25) is 0 Å². The summed E-state index contributed by atoms with van der Waals surface area (Å²) >= 11 is 0. The third-order valence-electron chi connectivity index (χ3n) is 12.3. The van der Waals surface area contributed by atoms with Gasteiger partial charge in [0.05, 0.1) is 29.0 Å². The van der Waals surface area contributed by atoms with Crippen LogP contribution in [0.3, 0.4) is 0 Å². The molecule has 0 fully saturated rings. The number of nitrogens with two attached hydrogens (primary N) is 1. The molecular formula is C47H26N4O2. The summed E-state index contributed by atoms with van der Waals surface area (Å²) in [6.45, 7) is 0.462. The number of anilines is 2. The topological polar surface area (TPSA) is 80.7 Å². The third-order valence-corrected chi connectivity index (χ3v) is 12.3. The highest BCUT2D eigenvalue weighted by atomic mass is 16.2. The highest BCUT2D eigenvalue weighted by Gasteiger charge is 2.31. The second kappa shape index (κ2) is 9.24. The maximum Gasteiger partial charge on any atom is 0.264 e. The number of nitrogen functional groups attached to an aromatic ring is 1. The van der Waals surface area contributed by atoms with E-state index in [1.54, 1.807) is 9.30 Å². The zero-order valence-corrected chi connectivity index (χ0v) is 28.2. The molecule has 13 rings (SSSR count). The van der Waals surface area contributed by atoms with E-state index in [1.165, 1.54) is 43.8 Å². The molecule has 3 aliphatic rings. The number of hydrogen-bond acceptors (Lipinski definition) is 4. The van der Waals surface area contributed by atoms with Gasteiger partial charge in [0.25, 0.3) is 11.5 Å². The second-order valence-corrected chi connectivity index (χ2v) is 14.7. The van der Waals surface area contributed by atoms with Crippen LogP contribution in [-0.2, 0) is 13.0 Å². The third kappa shape index (κ3) is 3.20. The van der Waals surface area contributed by atoms with Crippen molar-refractivity contribution in [3.8, 4) is 11.1 Å². The first kappa shape index (κ1) is 27.6. The van der Waals surface area contributed by atoms with Crippen LogP contribution in [0.2, 0.25) is 0 Å². The Labute approximate surface area is 300 Å². The maximum atomic E-state index is 14.3. The van der Waals surface area contributed by atoms with Gasteiger partial charge in [-0.05, 0) is 120 Å². The minimum absolute atomic E-state index is 0.0303. The van der Waals surface area contributed by atoms with Gasteiger partial charge in [0, 0.05) is 26.9 Å². The molecule has 2 aliphatic carbocycles. The summed E-state index contributed by atoms with van der Waals surface area (Å²) in [6.07, 6.45) is 4.92. The highest BCUT2D eigenvalue weighted by Crippen LogP contribution is 2.50. The van der Waals surface area contributed by atoms with E-state index in [-0.39, 0.29) is 11.5 Å². The Bertz CT molecular complexity index is 3560. The van der Waals surface area contributed by atoms with Crippen molar-refractivity contribution in [2.75, 3.05) is 10.6 Å². The van der Waals surface area contributed by atoms with Crippen molar-refractivity contribution in [1.82, 2.24) is 9.38 Å². The lowest BCUT2D eigenvalue weighted by Gasteiger charge is -2.31. The van der Waals surface area contributed by atoms with E-state index in [4.69, 9.17) is 10.7 Å². The van der Waals surface area contributed by atoms with E-state index in [9.17, 15) is 9.59 Å². The molecule has 2 bridgehead atoms. The van der Waals surface area contributed by atoms with Crippen LogP contribution in [0.4, 0.5) is 11.4 Å². The lowest BCUT2D eigenvalue weighted by Crippen LogP contribution is -2.34. The molecule has 0 unspecified atom stereocenters. The first-order chi connectivity index (χ1) is 26.0. The number of nitrogens with zero attached hydrogens (tertiary/aromatic N) is 3. The second-order valence-electron chi connectivity index (χ2n) is 14.7. The van der Waals surface area contributed by atoms with Crippen molar-refractivity contribution < 1.29 is 4.79 Å². The van der Waals surface area contributed by atoms with Gasteiger partial charge in [0.15, 0.2) is 0 Å². The Morgan fingerprint density at radius 3 is 2.09 bits per heavy atom. The van der Waals surface area contributed by atoms with Gasteiger partial charge < -0.3 is 10.6 Å². The van der Waals surface area contributed by atoms with Gasteiger partial charge >= 0.3 is 0 Å². The molecule has 1 amide bonds. The number of pyridine rings is 1. The molecule has 6 nitrogen and oxygen atoms in total. The van der Waals surface area contributed by atoms with E-state index in [2.05, 4.69) is 60.7 Å². The summed E-state index contributed by atoms with van der Waals surface area (Å²) in [7, 11) is 0. The largest absolute Gasteiger partial charge is 0.397 e. The Morgan fingerprint density at radius 2 is 1.26 bits per heavy atom. The smallest absolute Gasteiger partial charge is 0.264 e. The summed E-state index contributed by atoms with van der Waals surface area (Å²) in [6, 6.07) is 37.5. The molecule has 0 spiro atoms. The molecule has 0 saturated carbocycles. The van der Waals surface area contributed by atoms with Gasteiger partial charge in [0.1, 0.15) is 5.65 Å². The van der Waals surface area contributed by atoms with E-state index in [1.807, 2.05) is 60.7 Å².